The molecular formula is C12H8N4O. The minimum atomic E-state index is -0.417. The maximum absolute atomic E-state index is 11.0. The summed E-state index contributed by atoms with van der Waals surface area (Å²) in [5, 5.41) is 8.81. The Labute approximate surface area is 96.2 Å². The fourth-order valence-electron chi connectivity index (χ4n) is 1.61. The Balaban J connectivity index is 2.21. The summed E-state index contributed by atoms with van der Waals surface area (Å²) in [7, 11) is 0. The molecule has 1 aromatic carbocycles. The van der Waals surface area contributed by atoms with Crippen molar-refractivity contribution in [3.63, 3.8) is 0 Å². The van der Waals surface area contributed by atoms with Gasteiger partial charge in [-0.25, -0.2) is 9.78 Å². The number of nitrogens with zero attached hydrogens (tertiary/aromatic N) is 3. The summed E-state index contributed by atoms with van der Waals surface area (Å²) in [5.41, 5.74) is 1.77. The van der Waals surface area contributed by atoms with E-state index in [0.717, 1.165) is 16.6 Å². The topological polar surface area (TPSA) is 71.5 Å². The Bertz CT molecular complexity index is 721. The first kappa shape index (κ1) is 9.65. The molecule has 0 atom stereocenters. The number of nitrogens with one attached hydrogen (secondary N) is 1. The number of fused-ring (bicyclic) bond motifs is 1. The summed E-state index contributed by atoms with van der Waals surface area (Å²) in [4.78, 5) is 17.2. The van der Waals surface area contributed by atoms with Crippen molar-refractivity contribution in [1.82, 2.24) is 20.2 Å². The average molecular weight is 224 g/mol. The lowest BCUT2D eigenvalue weighted by Gasteiger charge is -2.00. The highest BCUT2D eigenvalue weighted by Crippen LogP contribution is 2.17. The van der Waals surface area contributed by atoms with Crippen molar-refractivity contribution in [2.45, 2.75) is 0 Å². The molecule has 0 aliphatic heterocycles. The quantitative estimate of drug-likeness (QED) is 0.677. The van der Waals surface area contributed by atoms with Crippen molar-refractivity contribution in [1.29, 1.82) is 0 Å². The summed E-state index contributed by atoms with van der Waals surface area (Å²) in [6.07, 6.45) is 1.50. The molecule has 1 N–H and O–H groups in total. The summed E-state index contributed by atoms with van der Waals surface area (Å²) < 4.78 is 0. The van der Waals surface area contributed by atoms with E-state index in [0.29, 0.717) is 5.65 Å². The molecule has 17 heavy (non-hydrogen) atoms. The van der Waals surface area contributed by atoms with Gasteiger partial charge in [0, 0.05) is 17.1 Å². The Hall–Kier alpha value is -2.56. The molecule has 0 saturated heterocycles. The molecule has 0 spiro atoms. The van der Waals surface area contributed by atoms with E-state index < -0.39 is 5.69 Å². The number of aromatic amines is 1. The van der Waals surface area contributed by atoms with Crippen LogP contribution in [0.5, 0.6) is 0 Å². The Morgan fingerprint density at radius 1 is 1.06 bits per heavy atom. The van der Waals surface area contributed by atoms with Crippen LogP contribution in [0.1, 0.15) is 0 Å². The van der Waals surface area contributed by atoms with Crippen LogP contribution in [0.3, 0.4) is 0 Å². The summed E-state index contributed by atoms with van der Waals surface area (Å²) in [6.45, 7) is 0. The summed E-state index contributed by atoms with van der Waals surface area (Å²) in [6, 6.07) is 11.6. The molecule has 3 aromatic rings. The molecule has 3 rings (SSSR count). The first-order valence-electron chi connectivity index (χ1n) is 5.11. The van der Waals surface area contributed by atoms with Crippen molar-refractivity contribution in [3.05, 3.63) is 53.1 Å². The molecule has 0 saturated carbocycles. The van der Waals surface area contributed by atoms with Crippen LogP contribution in [0.4, 0.5) is 0 Å². The van der Waals surface area contributed by atoms with Crippen molar-refractivity contribution < 1.29 is 0 Å². The highest BCUT2D eigenvalue weighted by molar-refractivity contribution is 5.77. The first-order valence-corrected chi connectivity index (χ1v) is 5.11. The molecule has 0 aliphatic rings. The fraction of sp³-hybridized carbons (Fsp3) is 0. The first-order chi connectivity index (χ1) is 8.33. The second kappa shape index (κ2) is 3.79. The molecule has 2 heterocycles. The second-order valence-corrected chi connectivity index (χ2v) is 3.59. The minimum absolute atomic E-state index is 0.417. The van der Waals surface area contributed by atoms with E-state index >= 15 is 0 Å². The maximum Gasteiger partial charge on any atom is 0.346 e. The van der Waals surface area contributed by atoms with Crippen LogP contribution in [0.25, 0.3) is 22.3 Å². The Kier molecular flexibility index (Phi) is 2.15. The summed E-state index contributed by atoms with van der Waals surface area (Å²) in [5.74, 6) is 0. The van der Waals surface area contributed by atoms with Crippen LogP contribution in [-0.4, -0.2) is 20.2 Å². The van der Waals surface area contributed by atoms with Gasteiger partial charge in [-0.2, -0.15) is 0 Å². The third kappa shape index (κ3) is 1.78. The van der Waals surface area contributed by atoms with E-state index in [-0.39, 0.29) is 0 Å². The van der Waals surface area contributed by atoms with Gasteiger partial charge in [-0.1, -0.05) is 30.3 Å². The molecule has 0 radical (unpaired) electrons. The number of H-pyrrole nitrogens is 1. The fourth-order valence-corrected chi connectivity index (χ4v) is 1.61. The highest BCUT2D eigenvalue weighted by atomic mass is 16.1. The molecule has 82 valence electrons. The van der Waals surface area contributed by atoms with E-state index in [4.69, 9.17) is 0 Å². The van der Waals surface area contributed by atoms with Gasteiger partial charge in [0.05, 0.1) is 5.69 Å². The lowest BCUT2D eigenvalue weighted by molar-refractivity contribution is 1.02. The third-order valence-electron chi connectivity index (χ3n) is 2.44. The minimum Gasteiger partial charge on any atom is -0.288 e. The van der Waals surface area contributed by atoms with Gasteiger partial charge in [0.1, 0.15) is 0 Å². The lowest BCUT2D eigenvalue weighted by Crippen LogP contribution is -2.09. The van der Waals surface area contributed by atoms with Crippen LogP contribution < -0.4 is 5.69 Å². The molecule has 0 aliphatic carbocycles. The van der Waals surface area contributed by atoms with E-state index in [1.165, 1.54) is 6.20 Å². The Morgan fingerprint density at radius 3 is 2.71 bits per heavy atom. The molecule has 2 aromatic heterocycles. The van der Waals surface area contributed by atoms with Gasteiger partial charge in [0.25, 0.3) is 0 Å². The van der Waals surface area contributed by atoms with Gasteiger partial charge in [-0.3, -0.25) is 4.98 Å². The monoisotopic (exact) mass is 224 g/mol. The molecular weight excluding hydrogens is 216 g/mol. The van der Waals surface area contributed by atoms with Crippen molar-refractivity contribution in [2.75, 3.05) is 0 Å². The molecule has 0 amide bonds. The summed E-state index contributed by atoms with van der Waals surface area (Å²) >= 11 is 0. The molecule has 5 heteroatoms. The smallest absolute Gasteiger partial charge is 0.288 e. The van der Waals surface area contributed by atoms with E-state index in [9.17, 15) is 4.79 Å². The standard InChI is InChI=1S/C12H8N4O/c17-12-13-7-9-6-10(15-16-11(9)14-12)8-4-2-1-3-5-8/h1-7H,(H,13,14,16,17). The van der Waals surface area contributed by atoms with Crippen molar-refractivity contribution >= 4 is 11.0 Å². The van der Waals surface area contributed by atoms with Crippen LogP contribution >= 0.6 is 0 Å². The molecule has 0 unspecified atom stereocenters. The third-order valence-corrected chi connectivity index (χ3v) is 2.44. The normalized spacial score (nSPS) is 10.6. The average Bonchev–Trinajstić information content (AvgIpc) is 2.39. The van der Waals surface area contributed by atoms with Gasteiger partial charge >= 0.3 is 5.69 Å². The Morgan fingerprint density at radius 2 is 1.88 bits per heavy atom. The van der Waals surface area contributed by atoms with Crippen LogP contribution in [0.15, 0.2) is 47.4 Å². The largest absolute Gasteiger partial charge is 0.346 e. The van der Waals surface area contributed by atoms with Crippen molar-refractivity contribution in [3.8, 4) is 11.3 Å². The van der Waals surface area contributed by atoms with Gasteiger partial charge < -0.3 is 0 Å². The van der Waals surface area contributed by atoms with Crippen LogP contribution in [-0.2, 0) is 0 Å². The van der Waals surface area contributed by atoms with E-state index in [2.05, 4.69) is 20.2 Å². The predicted octanol–water partition coefficient (Wildman–Crippen LogP) is 1.38. The molecule has 0 fully saturated rings. The van der Waals surface area contributed by atoms with Gasteiger partial charge in [0.15, 0.2) is 5.65 Å². The highest BCUT2D eigenvalue weighted by Gasteiger charge is 2.02. The number of hydrogen-bond donors (Lipinski definition) is 1. The maximum atomic E-state index is 11.0. The van der Waals surface area contributed by atoms with E-state index in [1.807, 2.05) is 36.4 Å². The van der Waals surface area contributed by atoms with Gasteiger partial charge in [-0.05, 0) is 6.07 Å². The number of rotatable bonds is 1. The molecule has 5 nitrogen and oxygen atoms in total. The molecule has 0 bridgehead atoms. The number of aromatic nitrogens is 4. The lowest BCUT2D eigenvalue weighted by atomic mass is 10.1. The zero-order valence-electron chi connectivity index (χ0n) is 8.79. The van der Waals surface area contributed by atoms with Crippen molar-refractivity contribution in [2.24, 2.45) is 0 Å². The predicted molar refractivity (Wildman–Crippen MR) is 63.4 cm³/mol. The number of hydrogen-bond acceptors (Lipinski definition) is 4. The van der Waals surface area contributed by atoms with Crippen LogP contribution in [0, 0.1) is 0 Å². The van der Waals surface area contributed by atoms with Gasteiger partial charge in [0.2, 0.25) is 0 Å². The SMILES string of the molecule is O=c1ncc2cc(-c3ccccc3)nnc2[nH]1. The van der Waals surface area contributed by atoms with Crippen LogP contribution in [0.2, 0.25) is 0 Å². The second-order valence-electron chi connectivity index (χ2n) is 3.59. The van der Waals surface area contributed by atoms with E-state index in [1.54, 1.807) is 0 Å². The van der Waals surface area contributed by atoms with Gasteiger partial charge in [-0.15, -0.1) is 10.2 Å². The zero-order chi connectivity index (χ0) is 11.7. The number of benzene rings is 1. The zero-order valence-corrected chi connectivity index (χ0v) is 8.79.